The minimum absolute atomic E-state index is 0.140. The van der Waals surface area contributed by atoms with Gasteiger partial charge < -0.3 is 10.2 Å². The van der Waals surface area contributed by atoms with Crippen LogP contribution in [0.15, 0.2) is 29.2 Å². The number of aliphatic carboxylic acids is 1. The molecule has 1 heterocycles. The molecule has 2 rings (SSSR count). The average Bonchev–Trinajstić information content (AvgIpc) is 2.84. The highest BCUT2D eigenvalue weighted by Gasteiger charge is 2.45. The van der Waals surface area contributed by atoms with E-state index in [-0.39, 0.29) is 17.7 Å². The monoisotopic (exact) mass is 303 g/mol. The van der Waals surface area contributed by atoms with Crippen LogP contribution in [0, 0.1) is 5.82 Å². The first-order valence-corrected chi connectivity index (χ1v) is 7.44. The summed E-state index contributed by atoms with van der Waals surface area (Å²) < 4.78 is 38.6. The van der Waals surface area contributed by atoms with Gasteiger partial charge in [-0.25, -0.2) is 12.8 Å². The number of benzene rings is 1. The number of rotatable bonds is 4. The molecular weight excluding hydrogens is 289 g/mol. The van der Waals surface area contributed by atoms with Gasteiger partial charge in [-0.2, -0.15) is 4.31 Å². The molecule has 1 fully saturated rings. The van der Waals surface area contributed by atoms with Crippen molar-refractivity contribution in [2.24, 2.45) is 0 Å². The van der Waals surface area contributed by atoms with Crippen LogP contribution >= 0.6 is 0 Å². The molecule has 2 atom stereocenters. The number of sulfonamides is 1. The Labute approximate surface area is 115 Å². The van der Waals surface area contributed by atoms with Gasteiger partial charge in [-0.15, -0.1) is 0 Å². The summed E-state index contributed by atoms with van der Waals surface area (Å²) in [6.07, 6.45) is 0.412. The van der Waals surface area contributed by atoms with Gasteiger partial charge >= 0.3 is 5.97 Å². The lowest BCUT2D eigenvalue weighted by atomic mass is 10.2. The van der Waals surface area contributed by atoms with E-state index in [0.717, 1.165) is 28.6 Å². The van der Waals surface area contributed by atoms with Crippen LogP contribution in [0.2, 0.25) is 0 Å². The molecule has 6 nitrogen and oxygen atoms in total. The van der Waals surface area contributed by atoms with E-state index in [2.05, 4.69) is 0 Å². The van der Waals surface area contributed by atoms with Crippen molar-refractivity contribution in [3.05, 3.63) is 30.1 Å². The Hall–Kier alpha value is -1.51. The molecule has 1 aromatic carbocycles. The topological polar surface area (TPSA) is 94.9 Å². The van der Waals surface area contributed by atoms with Crippen LogP contribution in [-0.4, -0.2) is 47.6 Å². The second kappa shape index (κ2) is 5.47. The van der Waals surface area contributed by atoms with Gasteiger partial charge in [0.1, 0.15) is 11.9 Å². The lowest BCUT2D eigenvalue weighted by molar-refractivity contribution is -0.141. The molecule has 0 spiro atoms. The van der Waals surface area contributed by atoms with E-state index < -0.39 is 40.5 Å². The summed E-state index contributed by atoms with van der Waals surface area (Å²) in [6, 6.07) is 2.17. The van der Waals surface area contributed by atoms with Gasteiger partial charge in [0.2, 0.25) is 10.0 Å². The number of aliphatic hydroxyl groups is 1. The summed E-state index contributed by atoms with van der Waals surface area (Å²) in [5.74, 6) is -1.84. The quantitative estimate of drug-likeness (QED) is 0.841. The predicted molar refractivity (Wildman–Crippen MR) is 67.0 cm³/mol. The van der Waals surface area contributed by atoms with Crippen LogP contribution in [0.4, 0.5) is 4.39 Å². The first-order chi connectivity index (χ1) is 9.37. The number of hydrogen-bond acceptors (Lipinski definition) is 4. The highest BCUT2D eigenvalue weighted by Crippen LogP contribution is 2.31. The van der Waals surface area contributed by atoms with Crippen molar-refractivity contribution in [2.75, 3.05) is 6.61 Å². The number of aliphatic hydroxyl groups excluding tert-OH is 1. The second-order valence-corrected chi connectivity index (χ2v) is 6.40. The molecule has 1 aromatic rings. The molecule has 1 saturated heterocycles. The molecule has 20 heavy (non-hydrogen) atoms. The molecule has 2 N–H and O–H groups in total. The fourth-order valence-electron chi connectivity index (χ4n) is 2.36. The van der Waals surface area contributed by atoms with Crippen molar-refractivity contribution >= 4 is 16.0 Å². The van der Waals surface area contributed by atoms with Crippen LogP contribution in [0.5, 0.6) is 0 Å². The lowest BCUT2D eigenvalue weighted by Gasteiger charge is -2.26. The second-order valence-electron chi connectivity index (χ2n) is 4.56. The van der Waals surface area contributed by atoms with Crippen molar-refractivity contribution in [2.45, 2.75) is 29.8 Å². The fraction of sp³-hybridized carbons (Fsp3) is 0.417. The molecule has 8 heteroatoms. The van der Waals surface area contributed by atoms with Gasteiger partial charge in [-0.05, 0) is 37.1 Å². The largest absolute Gasteiger partial charge is 0.480 e. The van der Waals surface area contributed by atoms with Crippen molar-refractivity contribution in [1.82, 2.24) is 4.31 Å². The molecule has 1 aliphatic heterocycles. The van der Waals surface area contributed by atoms with Crippen LogP contribution in [0.1, 0.15) is 12.8 Å². The first kappa shape index (κ1) is 14.9. The zero-order valence-electron chi connectivity index (χ0n) is 10.4. The molecule has 0 aromatic heterocycles. The number of halogens is 1. The fourth-order valence-corrected chi connectivity index (χ4v) is 4.17. The van der Waals surface area contributed by atoms with Crippen LogP contribution < -0.4 is 0 Å². The summed E-state index contributed by atoms with van der Waals surface area (Å²) in [6.45, 7) is -0.454. The van der Waals surface area contributed by atoms with E-state index in [4.69, 9.17) is 5.11 Å². The number of hydrogen-bond donors (Lipinski definition) is 2. The Morgan fingerprint density at radius 1 is 1.30 bits per heavy atom. The van der Waals surface area contributed by atoms with E-state index in [1.165, 1.54) is 0 Å². The first-order valence-electron chi connectivity index (χ1n) is 6.00. The molecule has 0 saturated carbocycles. The molecular formula is C12H14FNO5S. The molecule has 0 bridgehead atoms. The molecule has 0 unspecified atom stereocenters. The van der Waals surface area contributed by atoms with Gasteiger partial charge in [0.15, 0.2) is 0 Å². The molecule has 0 aliphatic carbocycles. The van der Waals surface area contributed by atoms with Crippen molar-refractivity contribution in [3.63, 3.8) is 0 Å². The van der Waals surface area contributed by atoms with Crippen molar-refractivity contribution in [3.8, 4) is 0 Å². The predicted octanol–water partition coefficient (Wildman–Crippen LogP) is 0.424. The normalized spacial score (nSPS) is 23.9. The number of carboxylic acid groups (broad SMARTS) is 1. The number of carbonyl (C=O) groups is 1. The van der Waals surface area contributed by atoms with E-state index >= 15 is 0 Å². The van der Waals surface area contributed by atoms with E-state index in [1.807, 2.05) is 0 Å². The summed E-state index contributed by atoms with van der Waals surface area (Å²) in [5.41, 5.74) is 0. The third-order valence-electron chi connectivity index (χ3n) is 3.33. The van der Waals surface area contributed by atoms with Crippen molar-refractivity contribution < 1.29 is 27.8 Å². The zero-order chi connectivity index (χ0) is 14.9. The van der Waals surface area contributed by atoms with Gasteiger partial charge in [0, 0.05) is 6.04 Å². The summed E-state index contributed by atoms with van der Waals surface area (Å²) >= 11 is 0. The molecule has 110 valence electrons. The SMILES string of the molecule is O=C(O)[C@H]1CC[C@@H](CO)N1S(=O)(=O)c1ccc(F)cc1. The van der Waals surface area contributed by atoms with Gasteiger partial charge in [0.05, 0.1) is 11.5 Å². The Morgan fingerprint density at radius 3 is 2.40 bits per heavy atom. The Balaban J connectivity index is 2.44. The summed E-state index contributed by atoms with van der Waals surface area (Å²) in [5, 5.41) is 18.3. The highest BCUT2D eigenvalue weighted by molar-refractivity contribution is 7.89. The van der Waals surface area contributed by atoms with E-state index in [0.29, 0.717) is 0 Å². The van der Waals surface area contributed by atoms with Crippen LogP contribution in [-0.2, 0) is 14.8 Å². The third-order valence-corrected chi connectivity index (χ3v) is 5.30. The Kier molecular flexibility index (Phi) is 4.07. The minimum atomic E-state index is -4.09. The number of carboxylic acids is 1. The Bertz CT molecular complexity index is 601. The maximum atomic E-state index is 12.9. The average molecular weight is 303 g/mol. The van der Waals surface area contributed by atoms with Gasteiger partial charge in [-0.1, -0.05) is 0 Å². The van der Waals surface area contributed by atoms with Crippen LogP contribution in [0.25, 0.3) is 0 Å². The maximum Gasteiger partial charge on any atom is 0.322 e. The standard InChI is InChI=1S/C12H14FNO5S/c13-8-1-4-10(5-2-8)20(18,19)14-9(7-15)3-6-11(14)12(16)17/h1-2,4-5,9,11,15H,3,6-7H2,(H,16,17)/t9-,11+/m0/s1. The Morgan fingerprint density at radius 2 is 1.90 bits per heavy atom. The molecule has 0 amide bonds. The van der Waals surface area contributed by atoms with Gasteiger partial charge in [-0.3, -0.25) is 4.79 Å². The van der Waals surface area contributed by atoms with Crippen molar-refractivity contribution in [1.29, 1.82) is 0 Å². The zero-order valence-corrected chi connectivity index (χ0v) is 11.3. The maximum absolute atomic E-state index is 12.9. The molecule has 0 radical (unpaired) electrons. The van der Waals surface area contributed by atoms with E-state index in [1.54, 1.807) is 0 Å². The summed E-state index contributed by atoms with van der Waals surface area (Å²) in [4.78, 5) is 11.0. The minimum Gasteiger partial charge on any atom is -0.480 e. The smallest absolute Gasteiger partial charge is 0.322 e. The van der Waals surface area contributed by atoms with Gasteiger partial charge in [0.25, 0.3) is 0 Å². The lowest BCUT2D eigenvalue weighted by Crippen LogP contribution is -2.46. The highest BCUT2D eigenvalue weighted by atomic mass is 32.2. The third kappa shape index (κ3) is 2.54. The summed E-state index contributed by atoms with van der Waals surface area (Å²) in [7, 11) is -4.09. The van der Waals surface area contributed by atoms with Crippen LogP contribution in [0.3, 0.4) is 0 Å². The van der Waals surface area contributed by atoms with E-state index in [9.17, 15) is 22.7 Å². The molecule has 1 aliphatic rings. The number of nitrogens with zero attached hydrogens (tertiary/aromatic N) is 1.